The molecule has 0 aliphatic carbocycles. The van der Waals surface area contributed by atoms with E-state index in [4.69, 9.17) is 11.6 Å². The van der Waals surface area contributed by atoms with Gasteiger partial charge in [0.05, 0.1) is 17.3 Å². The van der Waals surface area contributed by atoms with E-state index in [1.165, 1.54) is 0 Å². The predicted molar refractivity (Wildman–Crippen MR) is 100 cm³/mol. The highest BCUT2D eigenvalue weighted by Crippen LogP contribution is 2.22. The number of benzene rings is 2. The van der Waals surface area contributed by atoms with Crippen LogP contribution in [0.4, 0.5) is 11.4 Å². The Morgan fingerprint density at radius 1 is 1.08 bits per heavy atom. The Bertz CT molecular complexity index is 836. The van der Waals surface area contributed by atoms with Gasteiger partial charge in [-0.1, -0.05) is 23.7 Å². The van der Waals surface area contributed by atoms with Crippen LogP contribution in [0.2, 0.25) is 5.02 Å². The first kappa shape index (κ1) is 17.9. The fraction of sp³-hybridized carbons (Fsp3) is 0.211. The van der Waals surface area contributed by atoms with Crippen LogP contribution in [-0.4, -0.2) is 30.8 Å². The van der Waals surface area contributed by atoms with Crippen LogP contribution in [0.5, 0.6) is 0 Å². The van der Waals surface area contributed by atoms with Gasteiger partial charge in [-0.15, -0.1) is 0 Å². The highest BCUT2D eigenvalue weighted by Gasteiger charge is 2.21. The molecule has 7 heteroatoms. The zero-order valence-corrected chi connectivity index (χ0v) is 14.8. The molecule has 26 heavy (non-hydrogen) atoms. The summed E-state index contributed by atoms with van der Waals surface area (Å²) < 4.78 is 0. The standard InChI is InChI=1S/C19H18ClN3O3/c20-15-4-1-2-5-16(15)22-17(24)12-21-19(26)13-7-9-14(10-8-13)23-11-3-6-18(23)25/h1-2,4-5,7-10H,3,6,11-12H2,(H,21,26)(H,22,24). The van der Waals surface area contributed by atoms with Crippen LogP contribution in [0.25, 0.3) is 0 Å². The summed E-state index contributed by atoms with van der Waals surface area (Å²) in [5, 5.41) is 5.63. The third-order valence-electron chi connectivity index (χ3n) is 4.07. The average Bonchev–Trinajstić information content (AvgIpc) is 3.08. The minimum Gasteiger partial charge on any atom is -0.343 e. The Kier molecular flexibility index (Phi) is 5.53. The van der Waals surface area contributed by atoms with Crippen molar-refractivity contribution >= 4 is 40.7 Å². The molecule has 6 nitrogen and oxygen atoms in total. The van der Waals surface area contributed by atoms with E-state index in [1.54, 1.807) is 53.4 Å². The molecule has 0 unspecified atom stereocenters. The Morgan fingerprint density at radius 2 is 1.81 bits per heavy atom. The molecule has 2 aromatic carbocycles. The number of anilines is 2. The fourth-order valence-electron chi connectivity index (χ4n) is 2.73. The van der Waals surface area contributed by atoms with Gasteiger partial charge >= 0.3 is 0 Å². The van der Waals surface area contributed by atoms with Crippen molar-refractivity contribution in [2.75, 3.05) is 23.3 Å². The van der Waals surface area contributed by atoms with Gasteiger partial charge in [-0.05, 0) is 42.8 Å². The summed E-state index contributed by atoms with van der Waals surface area (Å²) in [7, 11) is 0. The van der Waals surface area contributed by atoms with E-state index >= 15 is 0 Å². The van der Waals surface area contributed by atoms with Crippen molar-refractivity contribution in [1.82, 2.24) is 5.32 Å². The van der Waals surface area contributed by atoms with Crippen LogP contribution in [0.15, 0.2) is 48.5 Å². The van der Waals surface area contributed by atoms with Crippen LogP contribution in [0.1, 0.15) is 23.2 Å². The van der Waals surface area contributed by atoms with Gasteiger partial charge in [0.1, 0.15) is 0 Å². The molecule has 134 valence electrons. The summed E-state index contributed by atoms with van der Waals surface area (Å²) in [4.78, 5) is 37.5. The van der Waals surface area contributed by atoms with Crippen molar-refractivity contribution in [3.63, 3.8) is 0 Å². The number of para-hydroxylation sites is 1. The van der Waals surface area contributed by atoms with E-state index in [0.29, 0.717) is 29.2 Å². The molecule has 0 atom stereocenters. The third-order valence-corrected chi connectivity index (χ3v) is 4.40. The van der Waals surface area contributed by atoms with Gasteiger partial charge in [-0.2, -0.15) is 0 Å². The van der Waals surface area contributed by atoms with E-state index in [2.05, 4.69) is 10.6 Å². The zero-order chi connectivity index (χ0) is 18.5. The SMILES string of the molecule is O=C(CNC(=O)c1ccc(N2CCCC2=O)cc1)Nc1ccccc1Cl. The molecule has 1 fully saturated rings. The lowest BCUT2D eigenvalue weighted by Gasteiger charge is -2.15. The van der Waals surface area contributed by atoms with Gasteiger partial charge < -0.3 is 15.5 Å². The Labute approximate surface area is 156 Å². The summed E-state index contributed by atoms with van der Waals surface area (Å²) in [5.74, 6) is -0.636. The van der Waals surface area contributed by atoms with Gasteiger partial charge in [0.2, 0.25) is 11.8 Å². The normalized spacial score (nSPS) is 13.6. The number of nitrogens with one attached hydrogen (secondary N) is 2. The van der Waals surface area contributed by atoms with Crippen molar-refractivity contribution in [2.24, 2.45) is 0 Å². The molecule has 1 aliphatic heterocycles. The molecule has 2 N–H and O–H groups in total. The van der Waals surface area contributed by atoms with Crippen LogP contribution in [0.3, 0.4) is 0 Å². The Morgan fingerprint density at radius 3 is 2.46 bits per heavy atom. The molecule has 2 aromatic rings. The smallest absolute Gasteiger partial charge is 0.251 e. The number of hydrogen-bond acceptors (Lipinski definition) is 3. The largest absolute Gasteiger partial charge is 0.343 e. The molecule has 0 aromatic heterocycles. The fourth-order valence-corrected chi connectivity index (χ4v) is 2.92. The first-order valence-electron chi connectivity index (χ1n) is 8.27. The molecule has 0 saturated carbocycles. The third kappa shape index (κ3) is 4.21. The van der Waals surface area contributed by atoms with Crippen molar-refractivity contribution < 1.29 is 14.4 Å². The monoisotopic (exact) mass is 371 g/mol. The number of carbonyl (C=O) groups excluding carboxylic acids is 3. The van der Waals surface area contributed by atoms with E-state index < -0.39 is 0 Å². The van der Waals surface area contributed by atoms with E-state index in [0.717, 1.165) is 12.1 Å². The summed E-state index contributed by atoms with van der Waals surface area (Å²) in [6, 6.07) is 13.6. The minimum atomic E-state index is -0.370. The molecule has 0 radical (unpaired) electrons. The lowest BCUT2D eigenvalue weighted by Crippen LogP contribution is -2.33. The second-order valence-corrected chi connectivity index (χ2v) is 6.31. The highest BCUT2D eigenvalue weighted by molar-refractivity contribution is 6.33. The van der Waals surface area contributed by atoms with Crippen LogP contribution < -0.4 is 15.5 Å². The Hall–Kier alpha value is -2.86. The van der Waals surface area contributed by atoms with E-state index in [9.17, 15) is 14.4 Å². The molecular formula is C19H18ClN3O3. The van der Waals surface area contributed by atoms with Crippen molar-refractivity contribution in [2.45, 2.75) is 12.8 Å². The number of carbonyl (C=O) groups is 3. The molecule has 1 aliphatic rings. The van der Waals surface area contributed by atoms with Gasteiger partial charge in [-0.25, -0.2) is 0 Å². The van der Waals surface area contributed by atoms with Crippen LogP contribution in [0, 0.1) is 0 Å². The summed E-state index contributed by atoms with van der Waals surface area (Å²) in [6.07, 6.45) is 1.41. The maximum Gasteiger partial charge on any atom is 0.251 e. The van der Waals surface area contributed by atoms with Crippen molar-refractivity contribution in [1.29, 1.82) is 0 Å². The molecule has 3 amide bonds. The predicted octanol–water partition coefficient (Wildman–Crippen LogP) is 2.84. The van der Waals surface area contributed by atoms with Crippen LogP contribution in [-0.2, 0) is 9.59 Å². The molecule has 0 bridgehead atoms. The molecule has 0 spiro atoms. The number of nitrogens with zero attached hydrogens (tertiary/aromatic N) is 1. The maximum atomic E-state index is 12.2. The summed E-state index contributed by atoms with van der Waals surface area (Å²) in [5.41, 5.74) is 1.69. The average molecular weight is 372 g/mol. The van der Waals surface area contributed by atoms with Gasteiger partial charge in [0.25, 0.3) is 5.91 Å². The molecule has 3 rings (SSSR count). The van der Waals surface area contributed by atoms with Gasteiger partial charge in [-0.3, -0.25) is 14.4 Å². The second kappa shape index (κ2) is 8.01. The highest BCUT2D eigenvalue weighted by atomic mass is 35.5. The lowest BCUT2D eigenvalue weighted by molar-refractivity contribution is -0.117. The van der Waals surface area contributed by atoms with Gasteiger partial charge in [0.15, 0.2) is 0 Å². The van der Waals surface area contributed by atoms with E-state index in [-0.39, 0.29) is 24.3 Å². The Balaban J connectivity index is 1.54. The molecule has 1 heterocycles. The zero-order valence-electron chi connectivity index (χ0n) is 14.0. The second-order valence-electron chi connectivity index (χ2n) is 5.91. The first-order chi connectivity index (χ1) is 12.5. The number of halogens is 1. The van der Waals surface area contributed by atoms with Crippen molar-refractivity contribution in [3.8, 4) is 0 Å². The molecular weight excluding hydrogens is 354 g/mol. The summed E-state index contributed by atoms with van der Waals surface area (Å²) in [6.45, 7) is 0.531. The number of rotatable bonds is 5. The van der Waals surface area contributed by atoms with Crippen LogP contribution >= 0.6 is 11.6 Å². The number of hydrogen-bond donors (Lipinski definition) is 2. The van der Waals surface area contributed by atoms with Gasteiger partial charge in [0, 0.05) is 24.2 Å². The topological polar surface area (TPSA) is 78.5 Å². The number of amides is 3. The van der Waals surface area contributed by atoms with Crippen molar-refractivity contribution in [3.05, 3.63) is 59.1 Å². The lowest BCUT2D eigenvalue weighted by atomic mass is 10.2. The quantitative estimate of drug-likeness (QED) is 0.848. The summed E-state index contributed by atoms with van der Waals surface area (Å²) >= 11 is 5.98. The minimum absolute atomic E-state index is 0.0958. The maximum absolute atomic E-state index is 12.2. The first-order valence-corrected chi connectivity index (χ1v) is 8.65. The van der Waals surface area contributed by atoms with E-state index in [1.807, 2.05) is 0 Å². The molecule has 1 saturated heterocycles.